The molecule has 0 spiro atoms. The van der Waals surface area contributed by atoms with Gasteiger partial charge in [-0.1, -0.05) is 29.8 Å². The molecule has 2 nitrogen and oxygen atoms in total. The Morgan fingerprint density at radius 1 is 1.47 bits per heavy atom. The number of aromatic hydroxyl groups is 1. The SMILES string of the molecule is CC1(C)[C@H](CN)[C@H]1c1cc(O)ccc1Br. The summed E-state index contributed by atoms with van der Waals surface area (Å²) in [6.07, 6.45) is 0. The van der Waals surface area contributed by atoms with Crippen LogP contribution in [0.5, 0.6) is 5.75 Å². The minimum absolute atomic E-state index is 0.255. The zero-order valence-electron chi connectivity index (χ0n) is 9.00. The minimum Gasteiger partial charge on any atom is -0.508 e. The summed E-state index contributed by atoms with van der Waals surface area (Å²) >= 11 is 3.53. The summed E-state index contributed by atoms with van der Waals surface area (Å²) in [5.74, 6) is 1.31. The van der Waals surface area contributed by atoms with Crippen LogP contribution in [-0.4, -0.2) is 11.7 Å². The molecule has 1 fully saturated rings. The maximum atomic E-state index is 9.49. The molecule has 0 heterocycles. The molecule has 3 heteroatoms. The molecule has 1 aromatic carbocycles. The molecular weight excluding hydrogens is 254 g/mol. The van der Waals surface area contributed by atoms with Gasteiger partial charge in [-0.3, -0.25) is 0 Å². The molecule has 0 unspecified atom stereocenters. The summed E-state index contributed by atoms with van der Waals surface area (Å²) in [5, 5.41) is 9.49. The summed E-state index contributed by atoms with van der Waals surface area (Å²) in [4.78, 5) is 0. The van der Waals surface area contributed by atoms with Crippen LogP contribution in [0.15, 0.2) is 22.7 Å². The van der Waals surface area contributed by atoms with Gasteiger partial charge in [-0.2, -0.15) is 0 Å². The number of benzene rings is 1. The first-order valence-electron chi connectivity index (χ1n) is 5.17. The van der Waals surface area contributed by atoms with Gasteiger partial charge in [0.15, 0.2) is 0 Å². The van der Waals surface area contributed by atoms with Crippen molar-refractivity contribution in [2.75, 3.05) is 6.54 Å². The summed E-state index contributed by atoms with van der Waals surface area (Å²) in [6, 6.07) is 5.43. The Morgan fingerprint density at radius 2 is 2.13 bits per heavy atom. The molecule has 0 aliphatic heterocycles. The Bertz CT molecular complexity index is 389. The van der Waals surface area contributed by atoms with Crippen LogP contribution >= 0.6 is 15.9 Å². The highest BCUT2D eigenvalue weighted by Crippen LogP contribution is 2.65. The fourth-order valence-corrected chi connectivity index (χ4v) is 3.06. The number of phenols is 1. The molecule has 3 N–H and O–H groups in total. The molecule has 1 aliphatic carbocycles. The van der Waals surface area contributed by atoms with Crippen LogP contribution in [-0.2, 0) is 0 Å². The third-order valence-electron chi connectivity index (χ3n) is 3.62. The van der Waals surface area contributed by atoms with Gasteiger partial charge in [0, 0.05) is 4.47 Å². The van der Waals surface area contributed by atoms with Gasteiger partial charge < -0.3 is 10.8 Å². The van der Waals surface area contributed by atoms with Crippen molar-refractivity contribution in [3.8, 4) is 5.75 Å². The van der Waals surface area contributed by atoms with E-state index in [9.17, 15) is 5.11 Å². The predicted molar refractivity (Wildman–Crippen MR) is 64.9 cm³/mol. The predicted octanol–water partition coefficient (Wildman–Crippen LogP) is 2.85. The Morgan fingerprint density at radius 3 is 2.67 bits per heavy atom. The first-order valence-corrected chi connectivity index (χ1v) is 5.96. The summed E-state index contributed by atoms with van der Waals surface area (Å²) in [5.41, 5.74) is 7.18. The molecule has 1 saturated carbocycles. The monoisotopic (exact) mass is 269 g/mol. The molecule has 2 rings (SSSR count). The number of hydrogen-bond donors (Lipinski definition) is 2. The van der Waals surface area contributed by atoms with E-state index in [1.807, 2.05) is 12.1 Å². The van der Waals surface area contributed by atoms with Crippen LogP contribution in [0, 0.1) is 11.3 Å². The fraction of sp³-hybridized carbons (Fsp3) is 0.500. The van der Waals surface area contributed by atoms with Gasteiger partial charge in [0.25, 0.3) is 0 Å². The van der Waals surface area contributed by atoms with Crippen molar-refractivity contribution in [2.45, 2.75) is 19.8 Å². The topological polar surface area (TPSA) is 46.2 Å². The minimum atomic E-state index is 0.255. The second-order valence-corrected chi connectivity index (χ2v) is 5.70. The molecule has 0 saturated heterocycles. The lowest BCUT2D eigenvalue weighted by Crippen LogP contribution is -2.05. The van der Waals surface area contributed by atoms with Crippen molar-refractivity contribution in [3.63, 3.8) is 0 Å². The molecule has 1 aromatic rings. The first kappa shape index (κ1) is 11.0. The lowest BCUT2D eigenvalue weighted by molar-refractivity contribution is 0.474. The quantitative estimate of drug-likeness (QED) is 0.868. The van der Waals surface area contributed by atoms with E-state index in [1.165, 1.54) is 5.56 Å². The van der Waals surface area contributed by atoms with E-state index in [0.717, 1.165) is 4.47 Å². The number of phenolic OH excluding ortho intramolecular Hbond substituents is 1. The van der Waals surface area contributed by atoms with Crippen LogP contribution in [0.3, 0.4) is 0 Å². The van der Waals surface area contributed by atoms with Gasteiger partial charge in [0.05, 0.1) is 0 Å². The Balaban J connectivity index is 2.36. The van der Waals surface area contributed by atoms with E-state index >= 15 is 0 Å². The normalized spacial score (nSPS) is 27.7. The van der Waals surface area contributed by atoms with E-state index < -0.39 is 0 Å². The molecule has 0 amide bonds. The number of nitrogens with two attached hydrogens (primary N) is 1. The Labute approximate surface area is 98.6 Å². The van der Waals surface area contributed by atoms with Crippen LogP contribution in [0.1, 0.15) is 25.3 Å². The second kappa shape index (κ2) is 3.49. The molecule has 0 bridgehead atoms. The van der Waals surface area contributed by atoms with Crippen LogP contribution in [0.4, 0.5) is 0 Å². The molecule has 82 valence electrons. The molecule has 15 heavy (non-hydrogen) atoms. The van der Waals surface area contributed by atoms with Crippen molar-refractivity contribution in [3.05, 3.63) is 28.2 Å². The van der Waals surface area contributed by atoms with E-state index in [0.29, 0.717) is 24.1 Å². The summed E-state index contributed by atoms with van der Waals surface area (Å²) < 4.78 is 1.06. The van der Waals surface area contributed by atoms with Gasteiger partial charge in [0.2, 0.25) is 0 Å². The van der Waals surface area contributed by atoms with E-state index in [4.69, 9.17) is 5.73 Å². The van der Waals surface area contributed by atoms with Crippen LogP contribution in [0.2, 0.25) is 0 Å². The highest BCUT2D eigenvalue weighted by molar-refractivity contribution is 9.10. The molecular formula is C12H16BrNO. The summed E-state index contributed by atoms with van der Waals surface area (Å²) in [7, 11) is 0. The fourth-order valence-electron chi connectivity index (χ4n) is 2.57. The van der Waals surface area contributed by atoms with Gasteiger partial charge >= 0.3 is 0 Å². The van der Waals surface area contributed by atoms with Crippen molar-refractivity contribution < 1.29 is 5.11 Å². The highest BCUT2D eigenvalue weighted by atomic mass is 79.9. The average molecular weight is 270 g/mol. The number of rotatable bonds is 2. The van der Waals surface area contributed by atoms with Crippen molar-refractivity contribution >= 4 is 15.9 Å². The first-order chi connectivity index (χ1) is 6.98. The van der Waals surface area contributed by atoms with Gasteiger partial charge in [0.1, 0.15) is 5.75 Å². The molecule has 0 aromatic heterocycles. The molecule has 2 atom stereocenters. The highest BCUT2D eigenvalue weighted by Gasteiger charge is 2.57. The van der Waals surface area contributed by atoms with E-state index in [1.54, 1.807) is 6.07 Å². The Kier molecular flexibility index (Phi) is 2.55. The molecule has 1 aliphatic rings. The molecule has 0 radical (unpaired) electrons. The van der Waals surface area contributed by atoms with E-state index in [-0.39, 0.29) is 5.41 Å². The standard InChI is InChI=1S/C12H16BrNO/c1-12(2)9(6-14)11(12)8-5-7(15)3-4-10(8)13/h3-5,9,11,15H,6,14H2,1-2H3/t9-,11-/m1/s1. The maximum absolute atomic E-state index is 9.49. The third-order valence-corrected chi connectivity index (χ3v) is 4.34. The van der Waals surface area contributed by atoms with Crippen molar-refractivity contribution in [1.82, 2.24) is 0 Å². The zero-order chi connectivity index (χ0) is 11.2. The lowest BCUT2D eigenvalue weighted by Gasteiger charge is -2.06. The lowest BCUT2D eigenvalue weighted by atomic mass is 10.0. The maximum Gasteiger partial charge on any atom is 0.115 e. The van der Waals surface area contributed by atoms with Gasteiger partial charge in [-0.15, -0.1) is 0 Å². The largest absolute Gasteiger partial charge is 0.508 e. The van der Waals surface area contributed by atoms with Crippen molar-refractivity contribution in [2.24, 2.45) is 17.1 Å². The third kappa shape index (κ3) is 1.68. The zero-order valence-corrected chi connectivity index (χ0v) is 10.6. The second-order valence-electron chi connectivity index (χ2n) is 4.85. The number of halogens is 1. The van der Waals surface area contributed by atoms with E-state index in [2.05, 4.69) is 29.8 Å². The van der Waals surface area contributed by atoms with Gasteiger partial charge in [-0.25, -0.2) is 0 Å². The average Bonchev–Trinajstić information content (AvgIpc) is 2.72. The number of hydrogen-bond acceptors (Lipinski definition) is 2. The Hall–Kier alpha value is -0.540. The smallest absolute Gasteiger partial charge is 0.115 e. The van der Waals surface area contributed by atoms with Gasteiger partial charge in [-0.05, 0) is 47.6 Å². The summed E-state index contributed by atoms with van der Waals surface area (Å²) in [6.45, 7) is 5.16. The van der Waals surface area contributed by atoms with Crippen LogP contribution < -0.4 is 5.73 Å². The van der Waals surface area contributed by atoms with Crippen LogP contribution in [0.25, 0.3) is 0 Å². The van der Waals surface area contributed by atoms with Crippen molar-refractivity contribution in [1.29, 1.82) is 0 Å².